The van der Waals surface area contributed by atoms with Gasteiger partial charge in [0.15, 0.2) is 17.8 Å². The van der Waals surface area contributed by atoms with Crippen molar-refractivity contribution in [3.8, 4) is 23.3 Å². The lowest BCUT2D eigenvalue weighted by atomic mass is 10.1. The Bertz CT molecular complexity index is 444. The highest BCUT2D eigenvalue weighted by Crippen LogP contribution is 2.29. The minimum absolute atomic E-state index is 0.155. The number of carbonyl (C=O) groups is 1. The van der Waals surface area contributed by atoms with Crippen LogP contribution in [0.4, 0.5) is 0 Å². The molecule has 84 valence electrons. The van der Waals surface area contributed by atoms with Gasteiger partial charge in [0.2, 0.25) is 0 Å². The summed E-state index contributed by atoms with van der Waals surface area (Å²) in [5.41, 5.74) is 0.813. The van der Waals surface area contributed by atoms with Gasteiger partial charge in [0.25, 0.3) is 0 Å². The lowest BCUT2D eigenvalue weighted by Gasteiger charge is -2.05. The molecule has 0 amide bonds. The summed E-state index contributed by atoms with van der Waals surface area (Å²) < 4.78 is 4.94. The number of carbonyl (C=O) groups excluding carboxylic acids is 1. The minimum Gasteiger partial charge on any atom is -0.504 e. The van der Waals surface area contributed by atoms with Gasteiger partial charge in [-0.1, -0.05) is 11.8 Å². The molecule has 0 aliphatic heterocycles. The second kappa shape index (κ2) is 6.09. The molecule has 1 aromatic rings. The average molecular weight is 236 g/mol. The number of thiol groups is 1. The summed E-state index contributed by atoms with van der Waals surface area (Å²) in [4.78, 5) is 10.7. The minimum atomic E-state index is -0.155. The van der Waals surface area contributed by atoms with Crippen molar-refractivity contribution < 1.29 is 14.6 Å². The Labute approximate surface area is 99.8 Å². The molecule has 0 spiro atoms. The van der Waals surface area contributed by atoms with E-state index in [9.17, 15) is 9.90 Å². The first-order valence-electron chi connectivity index (χ1n) is 4.68. The zero-order valence-electron chi connectivity index (χ0n) is 8.86. The molecule has 0 aliphatic rings. The molecule has 0 radical (unpaired) electrons. The smallest absolute Gasteiger partial charge is 0.168 e. The molecule has 0 unspecified atom stereocenters. The molecule has 0 atom stereocenters. The number of ether oxygens (including phenoxy) is 1. The van der Waals surface area contributed by atoms with Gasteiger partial charge in [0.05, 0.1) is 12.7 Å². The van der Waals surface area contributed by atoms with Gasteiger partial charge in [0, 0.05) is 17.7 Å². The first kappa shape index (κ1) is 12.5. The van der Waals surface area contributed by atoms with Gasteiger partial charge in [-0.25, -0.2) is 0 Å². The number of phenolic OH excluding ortho intramolecular Hbond substituents is 1. The molecular formula is C12H12O3S. The first-order valence-corrected chi connectivity index (χ1v) is 5.32. The van der Waals surface area contributed by atoms with Crippen LogP contribution in [0.5, 0.6) is 11.5 Å². The van der Waals surface area contributed by atoms with Gasteiger partial charge in [-0.2, -0.15) is 12.6 Å². The topological polar surface area (TPSA) is 46.5 Å². The number of rotatable bonds is 3. The maximum absolute atomic E-state index is 10.7. The van der Waals surface area contributed by atoms with Crippen LogP contribution in [-0.2, 0) is 0 Å². The number of hydrogen-bond donors (Lipinski definition) is 2. The third-order valence-electron chi connectivity index (χ3n) is 1.92. The summed E-state index contributed by atoms with van der Waals surface area (Å²) in [6, 6.07) is 3.12. The standard InChI is InChI=1S/C12H12O3S/c1-15-11-7-9(4-2-3-5-16)6-10(8-13)12(11)14/h6-8,14,16H,3,5H2,1H3. The number of methoxy groups -OCH3 is 1. The van der Waals surface area contributed by atoms with Gasteiger partial charge in [-0.15, -0.1) is 0 Å². The predicted octanol–water partition coefficient (Wildman–Crippen LogP) is 1.88. The fourth-order valence-electron chi connectivity index (χ4n) is 1.17. The van der Waals surface area contributed by atoms with E-state index >= 15 is 0 Å². The monoisotopic (exact) mass is 236 g/mol. The van der Waals surface area contributed by atoms with E-state index in [1.165, 1.54) is 13.2 Å². The number of benzene rings is 1. The molecule has 0 aliphatic carbocycles. The lowest BCUT2D eigenvalue weighted by Crippen LogP contribution is -1.90. The van der Waals surface area contributed by atoms with Gasteiger partial charge in [-0.3, -0.25) is 4.79 Å². The predicted molar refractivity (Wildman–Crippen MR) is 65.4 cm³/mol. The van der Waals surface area contributed by atoms with E-state index in [0.29, 0.717) is 24.0 Å². The van der Waals surface area contributed by atoms with Crippen LogP contribution in [0.15, 0.2) is 12.1 Å². The number of hydrogen-bond acceptors (Lipinski definition) is 4. The highest BCUT2D eigenvalue weighted by molar-refractivity contribution is 7.80. The number of aldehydes is 1. The zero-order chi connectivity index (χ0) is 12.0. The fourth-order valence-corrected chi connectivity index (χ4v) is 1.28. The van der Waals surface area contributed by atoms with Crippen LogP contribution in [0.2, 0.25) is 0 Å². The van der Waals surface area contributed by atoms with E-state index in [1.807, 2.05) is 0 Å². The Morgan fingerprint density at radius 2 is 2.31 bits per heavy atom. The quantitative estimate of drug-likeness (QED) is 0.478. The number of phenols is 1. The van der Waals surface area contributed by atoms with E-state index in [4.69, 9.17) is 4.74 Å². The highest BCUT2D eigenvalue weighted by atomic mass is 32.1. The van der Waals surface area contributed by atoms with Crippen LogP contribution in [0, 0.1) is 11.8 Å². The molecule has 1 N–H and O–H groups in total. The second-order valence-electron chi connectivity index (χ2n) is 3.01. The third kappa shape index (κ3) is 2.94. The number of aromatic hydroxyl groups is 1. The van der Waals surface area contributed by atoms with Crippen molar-refractivity contribution in [2.75, 3.05) is 12.9 Å². The molecule has 3 nitrogen and oxygen atoms in total. The Balaban J connectivity index is 3.13. The highest BCUT2D eigenvalue weighted by Gasteiger charge is 2.08. The molecule has 0 saturated carbocycles. The molecule has 0 heterocycles. The van der Waals surface area contributed by atoms with Crippen LogP contribution in [0.25, 0.3) is 0 Å². The molecule has 0 saturated heterocycles. The maximum Gasteiger partial charge on any atom is 0.168 e. The van der Waals surface area contributed by atoms with Gasteiger partial charge >= 0.3 is 0 Å². The van der Waals surface area contributed by atoms with Crippen molar-refractivity contribution in [1.82, 2.24) is 0 Å². The van der Waals surface area contributed by atoms with Gasteiger partial charge in [-0.05, 0) is 12.1 Å². The van der Waals surface area contributed by atoms with Crippen LogP contribution in [-0.4, -0.2) is 24.3 Å². The van der Waals surface area contributed by atoms with Crippen LogP contribution in [0.1, 0.15) is 22.3 Å². The summed E-state index contributed by atoms with van der Waals surface area (Å²) in [6.07, 6.45) is 1.24. The fraction of sp³-hybridized carbons (Fsp3) is 0.250. The van der Waals surface area contributed by atoms with Crippen molar-refractivity contribution in [3.63, 3.8) is 0 Å². The summed E-state index contributed by atoms with van der Waals surface area (Å²) in [5.74, 6) is 6.55. The molecule has 1 aromatic carbocycles. The molecule has 4 heteroatoms. The third-order valence-corrected chi connectivity index (χ3v) is 2.14. The van der Waals surface area contributed by atoms with Crippen molar-refractivity contribution in [2.45, 2.75) is 6.42 Å². The SMILES string of the molecule is COc1cc(C#CCCS)cc(C=O)c1O. The first-order chi connectivity index (χ1) is 7.72. The van der Waals surface area contributed by atoms with E-state index < -0.39 is 0 Å². The van der Waals surface area contributed by atoms with Crippen LogP contribution < -0.4 is 4.74 Å². The van der Waals surface area contributed by atoms with E-state index in [2.05, 4.69) is 24.5 Å². The van der Waals surface area contributed by atoms with Gasteiger partial charge in [0.1, 0.15) is 0 Å². The molecule has 1 rings (SSSR count). The second-order valence-corrected chi connectivity index (χ2v) is 3.46. The summed E-state index contributed by atoms with van der Waals surface area (Å²) in [6.45, 7) is 0. The maximum atomic E-state index is 10.7. The summed E-state index contributed by atoms with van der Waals surface area (Å²) in [5, 5.41) is 9.57. The molecule has 0 bridgehead atoms. The molecule has 0 aromatic heterocycles. The van der Waals surface area contributed by atoms with E-state index in [0.717, 1.165) is 0 Å². The largest absolute Gasteiger partial charge is 0.504 e. The van der Waals surface area contributed by atoms with Crippen molar-refractivity contribution in [1.29, 1.82) is 0 Å². The normalized spacial score (nSPS) is 9.12. The Kier molecular flexibility index (Phi) is 4.74. The Morgan fingerprint density at radius 1 is 1.56 bits per heavy atom. The van der Waals surface area contributed by atoms with Gasteiger partial charge < -0.3 is 9.84 Å². The Morgan fingerprint density at radius 3 is 2.88 bits per heavy atom. The van der Waals surface area contributed by atoms with E-state index in [-0.39, 0.29) is 17.1 Å². The van der Waals surface area contributed by atoms with Crippen molar-refractivity contribution in [3.05, 3.63) is 23.3 Å². The van der Waals surface area contributed by atoms with Crippen molar-refractivity contribution in [2.24, 2.45) is 0 Å². The molecule has 0 fully saturated rings. The lowest BCUT2D eigenvalue weighted by molar-refractivity contribution is 0.112. The van der Waals surface area contributed by atoms with E-state index in [1.54, 1.807) is 6.07 Å². The average Bonchev–Trinajstić information content (AvgIpc) is 2.31. The van der Waals surface area contributed by atoms with Crippen LogP contribution in [0.3, 0.4) is 0 Å². The Hall–Kier alpha value is -1.60. The summed E-state index contributed by atoms with van der Waals surface area (Å²) >= 11 is 4.04. The van der Waals surface area contributed by atoms with Crippen molar-refractivity contribution >= 4 is 18.9 Å². The summed E-state index contributed by atoms with van der Waals surface area (Å²) in [7, 11) is 1.43. The van der Waals surface area contributed by atoms with Crippen LogP contribution >= 0.6 is 12.6 Å². The molecular weight excluding hydrogens is 224 g/mol. The molecule has 16 heavy (non-hydrogen) atoms. The zero-order valence-corrected chi connectivity index (χ0v) is 9.75.